The van der Waals surface area contributed by atoms with E-state index < -0.39 is 0 Å². The van der Waals surface area contributed by atoms with Crippen LogP contribution in [0.4, 0.5) is 0 Å². The van der Waals surface area contributed by atoms with Crippen molar-refractivity contribution in [3.8, 4) is 0 Å². The molecule has 7 rings (SSSR count). The Morgan fingerprint density at radius 2 is 0.583 bits per heavy atom. The van der Waals surface area contributed by atoms with Gasteiger partial charge in [0, 0.05) is 34.6 Å². The highest BCUT2D eigenvalue weighted by atomic mass is 15.1. The Morgan fingerprint density at radius 1 is 0.333 bits per heavy atom. The monoisotopic (exact) mass is 638 g/mol. The molecule has 0 aliphatic rings. The van der Waals surface area contributed by atoms with Crippen molar-refractivity contribution in [3.63, 3.8) is 0 Å². The Morgan fingerprint density at radius 3 is 0.875 bits per heavy atom. The fourth-order valence-corrected chi connectivity index (χ4v) is 7.24. The maximum absolute atomic E-state index is 5.36. The summed E-state index contributed by atoms with van der Waals surface area (Å²) in [7, 11) is 0. The number of benzene rings is 2. The largest absolute Gasteiger partial charge is 0.311 e. The van der Waals surface area contributed by atoms with Gasteiger partial charge in [-0.05, 0) is 61.4 Å². The lowest BCUT2D eigenvalue weighted by atomic mass is 10.1. The molecule has 0 atom stereocenters. The van der Waals surface area contributed by atoms with Crippen LogP contribution in [0.25, 0.3) is 66.2 Å². The summed E-state index contributed by atoms with van der Waals surface area (Å²) in [5.41, 5.74) is 7.44. The molecule has 0 N–H and O–H groups in total. The number of rotatable bonds is 16. The van der Waals surface area contributed by atoms with Crippen molar-refractivity contribution in [2.24, 2.45) is 0 Å². The molecule has 5 heterocycles. The SMILES string of the molecule is CCCCCCCCCn1c2ccc3ccc4ccc(nc4c3n2)n(CCCCCCCCC)c2ccc3ccc4ccc1nc4c3n2. The van der Waals surface area contributed by atoms with Crippen LogP contribution >= 0.6 is 0 Å². The fourth-order valence-electron chi connectivity index (χ4n) is 7.24. The smallest absolute Gasteiger partial charge is 0.134 e. The third-order valence-electron chi connectivity index (χ3n) is 10.1. The number of fused-ring (bicyclic) bond motifs is 4. The van der Waals surface area contributed by atoms with E-state index in [0.29, 0.717) is 0 Å². The highest BCUT2D eigenvalue weighted by molar-refractivity contribution is 6.05. The first-order valence-corrected chi connectivity index (χ1v) is 18.7. The lowest BCUT2D eigenvalue weighted by Crippen LogP contribution is -2.06. The molecule has 2 aromatic carbocycles. The molecule has 6 nitrogen and oxygen atoms in total. The quantitative estimate of drug-likeness (QED) is 0.0780. The number of aromatic nitrogens is 6. The Balaban J connectivity index is 1.41. The Hall–Kier alpha value is -4.32. The Bertz CT molecular complexity index is 1900. The molecule has 6 heteroatoms. The second kappa shape index (κ2) is 15.3. The lowest BCUT2D eigenvalue weighted by molar-refractivity contribution is 0.557. The lowest BCUT2D eigenvalue weighted by Gasteiger charge is -2.14. The van der Waals surface area contributed by atoms with Crippen molar-refractivity contribution in [1.29, 1.82) is 0 Å². The Labute approximate surface area is 284 Å². The number of aryl methyl sites for hydroxylation is 2. The summed E-state index contributed by atoms with van der Waals surface area (Å²) in [5.74, 6) is 0. The minimum atomic E-state index is 0.865. The molecular weight excluding hydrogens is 589 g/mol. The molecule has 0 aliphatic heterocycles. The first kappa shape index (κ1) is 32.2. The average Bonchev–Trinajstić information content (AvgIpc) is 3.13. The first-order valence-electron chi connectivity index (χ1n) is 18.7. The van der Waals surface area contributed by atoms with E-state index in [1.807, 2.05) is 0 Å². The Kier molecular flexibility index (Phi) is 10.3. The molecule has 0 amide bonds. The van der Waals surface area contributed by atoms with Gasteiger partial charge >= 0.3 is 0 Å². The highest BCUT2D eigenvalue weighted by Gasteiger charge is 2.11. The maximum Gasteiger partial charge on any atom is 0.134 e. The minimum absolute atomic E-state index is 0.865. The van der Waals surface area contributed by atoms with Crippen LogP contribution in [-0.4, -0.2) is 29.1 Å². The van der Waals surface area contributed by atoms with Crippen molar-refractivity contribution in [3.05, 3.63) is 72.8 Å². The van der Waals surface area contributed by atoms with Crippen LogP contribution in [0.2, 0.25) is 0 Å². The normalized spacial score (nSPS) is 12.0. The number of nitrogens with zero attached hydrogens (tertiary/aromatic N) is 6. The van der Waals surface area contributed by atoms with E-state index in [1.54, 1.807) is 0 Å². The number of unbranched alkanes of at least 4 members (excludes halogenated alkanes) is 12. The summed E-state index contributed by atoms with van der Waals surface area (Å²) in [6, 6.07) is 26.1. The summed E-state index contributed by atoms with van der Waals surface area (Å²) in [5, 5.41) is 4.41. The molecule has 0 saturated heterocycles. The third-order valence-corrected chi connectivity index (χ3v) is 10.1. The number of hydrogen-bond acceptors (Lipinski definition) is 4. The van der Waals surface area contributed by atoms with Gasteiger partial charge in [0.2, 0.25) is 0 Å². The van der Waals surface area contributed by atoms with E-state index in [0.717, 1.165) is 92.1 Å². The highest BCUT2D eigenvalue weighted by Crippen LogP contribution is 2.28. The molecule has 0 spiro atoms. The van der Waals surface area contributed by atoms with Gasteiger partial charge in [0.25, 0.3) is 0 Å². The van der Waals surface area contributed by atoms with Crippen LogP contribution in [0.3, 0.4) is 0 Å². The van der Waals surface area contributed by atoms with Crippen LogP contribution in [0.15, 0.2) is 72.8 Å². The van der Waals surface area contributed by atoms with Gasteiger partial charge < -0.3 is 9.13 Å². The molecular formula is C42H50N6. The van der Waals surface area contributed by atoms with E-state index >= 15 is 0 Å². The van der Waals surface area contributed by atoms with Crippen LogP contribution in [-0.2, 0) is 13.1 Å². The van der Waals surface area contributed by atoms with Gasteiger partial charge in [0.15, 0.2) is 0 Å². The van der Waals surface area contributed by atoms with Crippen molar-refractivity contribution in [1.82, 2.24) is 29.1 Å². The van der Waals surface area contributed by atoms with Gasteiger partial charge in [-0.1, -0.05) is 115 Å². The molecule has 0 unspecified atom stereocenters. The fraction of sp³-hybridized carbons (Fsp3) is 0.429. The average molecular weight is 639 g/mol. The van der Waals surface area contributed by atoms with Gasteiger partial charge in [-0.2, -0.15) is 0 Å². The molecule has 8 bridgehead atoms. The molecule has 0 saturated carbocycles. The van der Waals surface area contributed by atoms with Gasteiger partial charge in [-0.3, -0.25) is 0 Å². The maximum atomic E-state index is 5.36. The van der Waals surface area contributed by atoms with Crippen LogP contribution < -0.4 is 0 Å². The van der Waals surface area contributed by atoms with E-state index in [-0.39, 0.29) is 0 Å². The van der Waals surface area contributed by atoms with Gasteiger partial charge in [0.1, 0.15) is 22.6 Å². The van der Waals surface area contributed by atoms with Crippen molar-refractivity contribution < 1.29 is 0 Å². The molecule has 0 radical (unpaired) electrons. The van der Waals surface area contributed by atoms with Gasteiger partial charge in [0.05, 0.1) is 22.1 Å². The van der Waals surface area contributed by atoms with Crippen molar-refractivity contribution in [2.45, 2.75) is 117 Å². The number of pyridine rings is 4. The van der Waals surface area contributed by atoms with Crippen LogP contribution in [0.5, 0.6) is 0 Å². The topological polar surface area (TPSA) is 61.4 Å². The van der Waals surface area contributed by atoms with Crippen LogP contribution in [0.1, 0.15) is 104 Å². The minimum Gasteiger partial charge on any atom is -0.311 e. The van der Waals surface area contributed by atoms with E-state index in [4.69, 9.17) is 19.9 Å². The van der Waals surface area contributed by atoms with E-state index in [1.165, 1.54) is 77.0 Å². The first-order chi connectivity index (χ1) is 23.7. The van der Waals surface area contributed by atoms with Crippen LogP contribution in [0, 0.1) is 0 Å². The second-order valence-corrected chi connectivity index (χ2v) is 13.6. The predicted octanol–water partition coefficient (Wildman–Crippen LogP) is 11.9. The predicted molar refractivity (Wildman–Crippen MR) is 203 cm³/mol. The molecule has 0 aliphatic carbocycles. The third kappa shape index (κ3) is 6.94. The van der Waals surface area contributed by atoms with Crippen molar-refractivity contribution in [2.75, 3.05) is 0 Å². The molecule has 5 aromatic heterocycles. The van der Waals surface area contributed by atoms with Gasteiger partial charge in [-0.25, -0.2) is 19.9 Å². The zero-order valence-corrected chi connectivity index (χ0v) is 28.9. The molecule has 0 fully saturated rings. The summed E-state index contributed by atoms with van der Waals surface area (Å²) >= 11 is 0. The summed E-state index contributed by atoms with van der Waals surface area (Å²) in [6.45, 7) is 6.29. The number of hydrogen-bond donors (Lipinski definition) is 0. The summed E-state index contributed by atoms with van der Waals surface area (Å²) in [4.78, 5) is 21.5. The zero-order chi connectivity index (χ0) is 32.7. The van der Waals surface area contributed by atoms with Crippen molar-refractivity contribution >= 4 is 66.2 Å². The summed E-state index contributed by atoms with van der Waals surface area (Å²) < 4.78 is 4.63. The molecule has 48 heavy (non-hydrogen) atoms. The standard InChI is InChI=1S/C42H50N6/c1-3-5-7-9-11-13-15-29-47-35-25-21-31-17-19-33-23-27-37(45-41(33)39(31)43-35)48(30-16-14-12-10-8-6-4-2)38-28-24-34-20-18-32-22-26-36(47)44-40(32)42(34)46-38/h17-28H,3-16,29-30H2,1-2H3. The summed E-state index contributed by atoms with van der Waals surface area (Å²) in [6.07, 6.45) is 17.7. The van der Waals surface area contributed by atoms with Gasteiger partial charge in [-0.15, -0.1) is 0 Å². The molecule has 248 valence electrons. The second-order valence-electron chi connectivity index (χ2n) is 13.6. The zero-order valence-electron chi connectivity index (χ0n) is 28.9. The van der Waals surface area contributed by atoms with E-state index in [2.05, 4.69) is 95.8 Å². The molecule has 7 aromatic rings. The van der Waals surface area contributed by atoms with E-state index in [9.17, 15) is 0 Å².